The molecule has 0 radical (unpaired) electrons. The third-order valence-corrected chi connectivity index (χ3v) is 9.57. The summed E-state index contributed by atoms with van der Waals surface area (Å²) in [5.74, 6) is 1.99. The van der Waals surface area contributed by atoms with Crippen LogP contribution in [0.15, 0.2) is 30.6 Å². The number of nitriles is 1. The molecule has 2 N–H and O–H groups in total. The highest BCUT2D eigenvalue weighted by Gasteiger charge is 2.32. The van der Waals surface area contributed by atoms with E-state index in [9.17, 15) is 10.1 Å². The number of nitrogens with zero attached hydrogens (tertiary/aromatic N) is 6. The van der Waals surface area contributed by atoms with Gasteiger partial charge in [0.1, 0.15) is 23.5 Å². The van der Waals surface area contributed by atoms with Crippen LogP contribution in [0.4, 0.5) is 11.5 Å². The van der Waals surface area contributed by atoms with E-state index in [2.05, 4.69) is 26.3 Å². The zero-order valence-corrected chi connectivity index (χ0v) is 25.3. The molecule has 2 aliphatic carbocycles. The number of nitrogens with one attached hydrogen (secondary N) is 2. The van der Waals surface area contributed by atoms with Gasteiger partial charge in [-0.15, -0.1) is 0 Å². The molecule has 0 unspecified atom stereocenters. The highest BCUT2D eigenvalue weighted by molar-refractivity contribution is 6.30. The number of benzene rings is 1. The molecule has 11 heteroatoms. The molecule has 10 nitrogen and oxygen atoms in total. The fourth-order valence-corrected chi connectivity index (χ4v) is 6.61. The van der Waals surface area contributed by atoms with Gasteiger partial charge in [0.05, 0.1) is 28.5 Å². The molecule has 4 heterocycles. The summed E-state index contributed by atoms with van der Waals surface area (Å²) < 4.78 is 5.90. The molecule has 0 atom stereocenters. The van der Waals surface area contributed by atoms with E-state index in [4.69, 9.17) is 26.7 Å². The van der Waals surface area contributed by atoms with Crippen molar-refractivity contribution in [3.8, 4) is 22.9 Å². The number of aromatic nitrogens is 3. The zero-order valence-electron chi connectivity index (χ0n) is 24.6. The Morgan fingerprint density at radius 2 is 1.91 bits per heavy atom. The summed E-state index contributed by atoms with van der Waals surface area (Å²) in [7, 11) is 0. The maximum Gasteiger partial charge on any atom is 0.265 e. The number of amides is 1. The number of carbonyl (C=O) groups excluding carboxylic acids is 1. The molecular weight excluding hydrogens is 576 g/mol. The smallest absolute Gasteiger partial charge is 0.265 e. The van der Waals surface area contributed by atoms with Crippen molar-refractivity contribution in [3.63, 3.8) is 0 Å². The summed E-state index contributed by atoms with van der Waals surface area (Å²) in [4.78, 5) is 30.6. The monoisotopic (exact) mass is 610 g/mol. The summed E-state index contributed by atoms with van der Waals surface area (Å²) >= 11 is 5.95. The van der Waals surface area contributed by atoms with Crippen molar-refractivity contribution in [1.29, 1.82) is 10.7 Å². The summed E-state index contributed by atoms with van der Waals surface area (Å²) in [5.41, 5.74) is 3.90. The fourth-order valence-electron chi connectivity index (χ4n) is 6.51. The number of fused-ring (bicyclic) bond motifs is 1. The van der Waals surface area contributed by atoms with Crippen molar-refractivity contribution in [2.24, 2.45) is 5.92 Å². The Bertz CT molecular complexity index is 1620. The number of anilines is 2. The van der Waals surface area contributed by atoms with Crippen LogP contribution in [0.5, 0.6) is 5.75 Å². The van der Waals surface area contributed by atoms with Crippen LogP contribution >= 0.6 is 11.6 Å². The maximum absolute atomic E-state index is 12.9. The minimum absolute atomic E-state index is 0.123. The van der Waals surface area contributed by atoms with Crippen molar-refractivity contribution >= 4 is 35.2 Å². The normalized spacial score (nSPS) is 19.1. The van der Waals surface area contributed by atoms with Gasteiger partial charge in [-0.2, -0.15) is 5.26 Å². The van der Waals surface area contributed by atoms with E-state index in [1.54, 1.807) is 4.90 Å². The van der Waals surface area contributed by atoms with E-state index in [1.165, 1.54) is 37.9 Å². The third kappa shape index (κ3) is 5.74. The van der Waals surface area contributed by atoms with Gasteiger partial charge >= 0.3 is 0 Å². The molecule has 1 saturated heterocycles. The van der Waals surface area contributed by atoms with Crippen molar-refractivity contribution < 1.29 is 9.53 Å². The lowest BCUT2D eigenvalue weighted by Crippen LogP contribution is -2.47. The van der Waals surface area contributed by atoms with Crippen LogP contribution in [0, 0.1) is 22.7 Å². The first-order chi connectivity index (χ1) is 21.5. The van der Waals surface area contributed by atoms with Gasteiger partial charge in [0, 0.05) is 54.9 Å². The summed E-state index contributed by atoms with van der Waals surface area (Å²) in [6, 6.07) is 9.02. The second-order valence-electron chi connectivity index (χ2n) is 12.3. The van der Waals surface area contributed by atoms with Crippen molar-refractivity contribution in [3.05, 3.63) is 58.3 Å². The lowest BCUT2D eigenvalue weighted by atomic mass is 9.89. The number of halogens is 1. The van der Waals surface area contributed by atoms with E-state index in [1.807, 2.05) is 18.2 Å². The van der Waals surface area contributed by atoms with Crippen LogP contribution < -0.4 is 15.0 Å². The average Bonchev–Trinajstić information content (AvgIpc) is 3.83. The molecule has 1 aromatic carbocycles. The molecule has 2 aliphatic heterocycles. The number of hydrogen-bond donors (Lipinski definition) is 2. The first kappa shape index (κ1) is 28.7. The number of rotatable bonds is 9. The lowest BCUT2D eigenvalue weighted by molar-refractivity contribution is -0.121. The Hall–Kier alpha value is -4.07. The van der Waals surface area contributed by atoms with Crippen molar-refractivity contribution in [1.82, 2.24) is 19.9 Å². The molecule has 4 aliphatic rings. The molecule has 2 aromatic heterocycles. The minimum Gasteiger partial charge on any atom is -0.482 e. The fraction of sp³-hybridized carbons (Fsp3) is 0.455. The molecule has 0 bridgehead atoms. The van der Waals surface area contributed by atoms with Crippen LogP contribution in [-0.4, -0.2) is 63.8 Å². The highest BCUT2D eigenvalue weighted by atomic mass is 35.5. The summed E-state index contributed by atoms with van der Waals surface area (Å²) in [5, 5.41) is 23.0. The standard InChI is InChI=1S/C33H35ClN8O2/c34-22-16-37-30(38-17-22)18-42-28-7-6-21(13-29(28)44-19-31(42)43)32-25(14-35)27(12-20-4-5-20)40-33(26(32)15-36)39-23-8-10-41(11-9-23)24-2-1-3-24/h6-7,13,15-17,20,23-24,36H,1-5,8-12,18-19H2,(H,39,40). The second kappa shape index (κ2) is 12.1. The number of ether oxygens (including phenoxy) is 1. The average molecular weight is 611 g/mol. The van der Waals surface area contributed by atoms with Gasteiger partial charge in [0.25, 0.3) is 5.91 Å². The van der Waals surface area contributed by atoms with Crippen LogP contribution in [0.25, 0.3) is 11.1 Å². The molecule has 2 saturated carbocycles. The molecule has 3 aromatic rings. The number of piperidine rings is 1. The Morgan fingerprint density at radius 3 is 2.57 bits per heavy atom. The number of likely N-dealkylation sites (tertiary alicyclic amines) is 1. The predicted octanol–water partition coefficient (Wildman–Crippen LogP) is 5.37. The van der Waals surface area contributed by atoms with E-state index in [-0.39, 0.29) is 25.1 Å². The van der Waals surface area contributed by atoms with Crippen LogP contribution in [0.1, 0.15) is 67.6 Å². The van der Waals surface area contributed by atoms with Gasteiger partial charge in [-0.3, -0.25) is 9.69 Å². The molecular formula is C33H35ClN8O2. The van der Waals surface area contributed by atoms with Crippen molar-refractivity contribution in [2.75, 3.05) is 29.9 Å². The Labute approximate surface area is 261 Å². The number of pyridine rings is 1. The van der Waals surface area contributed by atoms with Crippen LogP contribution in [0.2, 0.25) is 5.02 Å². The molecule has 44 heavy (non-hydrogen) atoms. The van der Waals surface area contributed by atoms with Gasteiger partial charge in [-0.25, -0.2) is 15.0 Å². The van der Waals surface area contributed by atoms with Crippen LogP contribution in [0.3, 0.4) is 0 Å². The largest absolute Gasteiger partial charge is 0.482 e. The predicted molar refractivity (Wildman–Crippen MR) is 168 cm³/mol. The summed E-state index contributed by atoms with van der Waals surface area (Å²) in [6.45, 7) is 2.19. The van der Waals surface area contributed by atoms with E-state index in [0.29, 0.717) is 50.7 Å². The molecule has 3 fully saturated rings. The van der Waals surface area contributed by atoms with Gasteiger partial charge in [0.15, 0.2) is 6.61 Å². The third-order valence-electron chi connectivity index (χ3n) is 9.37. The van der Waals surface area contributed by atoms with Crippen molar-refractivity contribution in [2.45, 2.75) is 70.0 Å². The summed E-state index contributed by atoms with van der Waals surface area (Å²) in [6.07, 6.45) is 13.4. The van der Waals surface area contributed by atoms with Gasteiger partial charge in [-0.1, -0.05) is 24.1 Å². The SMILES string of the molecule is N#Cc1c(CC2CC2)nc(NC2CCN(C3CCC3)CC2)c(C=N)c1-c1ccc2c(c1)OCC(=O)N2Cc1ncc(Cl)cn1. The van der Waals surface area contributed by atoms with E-state index >= 15 is 0 Å². The van der Waals surface area contributed by atoms with Gasteiger partial charge in [-0.05, 0) is 68.6 Å². The maximum atomic E-state index is 12.9. The minimum atomic E-state index is -0.202. The number of hydrogen-bond acceptors (Lipinski definition) is 9. The van der Waals surface area contributed by atoms with Gasteiger partial charge < -0.3 is 20.4 Å². The quantitative estimate of drug-likeness (QED) is 0.309. The van der Waals surface area contributed by atoms with E-state index in [0.717, 1.165) is 62.5 Å². The van der Waals surface area contributed by atoms with Gasteiger partial charge in [0.2, 0.25) is 0 Å². The first-order valence-electron chi connectivity index (χ1n) is 15.5. The molecule has 0 spiro atoms. The van der Waals surface area contributed by atoms with Crippen LogP contribution in [-0.2, 0) is 17.8 Å². The first-order valence-corrected chi connectivity index (χ1v) is 15.9. The molecule has 1 amide bonds. The zero-order chi connectivity index (χ0) is 30.2. The van der Waals surface area contributed by atoms with E-state index < -0.39 is 0 Å². The second-order valence-corrected chi connectivity index (χ2v) is 12.7. The Balaban J connectivity index is 1.23. The topological polar surface area (TPSA) is 131 Å². The Kier molecular flexibility index (Phi) is 7.91. The lowest BCUT2D eigenvalue weighted by Gasteiger charge is -2.42. The highest BCUT2D eigenvalue weighted by Crippen LogP contribution is 2.42. The number of carbonyl (C=O) groups is 1. The Morgan fingerprint density at radius 1 is 1.14 bits per heavy atom. The molecule has 226 valence electrons. The molecule has 7 rings (SSSR count).